The average Bonchev–Trinajstić information content (AvgIpc) is 2.73. The molecule has 17 heavy (non-hydrogen) atoms. The summed E-state index contributed by atoms with van der Waals surface area (Å²) in [4.78, 5) is 0. The van der Waals surface area contributed by atoms with Gasteiger partial charge in [-0.25, -0.2) is 6.61 Å². The molecule has 3 nitrogen and oxygen atoms in total. The molecule has 88 valence electrons. The molecule has 4 heteroatoms. The molecule has 0 radical (unpaired) electrons. The Bertz CT molecular complexity index is 343. The third-order valence-electron chi connectivity index (χ3n) is 2.64. The molecule has 1 aromatic rings. The van der Waals surface area contributed by atoms with Crippen LogP contribution in [0.15, 0.2) is 24.3 Å². The molecule has 1 aliphatic heterocycles. The van der Waals surface area contributed by atoms with Crippen molar-refractivity contribution in [2.45, 2.75) is 26.2 Å². The van der Waals surface area contributed by atoms with Gasteiger partial charge in [-0.2, -0.15) is 0 Å². The van der Waals surface area contributed by atoms with Crippen molar-refractivity contribution < 1.29 is 83.1 Å². The number of benzene rings is 1. The number of rotatable bonds is 4. The summed E-state index contributed by atoms with van der Waals surface area (Å²) < 4.78 is 16.3. The van der Waals surface area contributed by atoms with Gasteiger partial charge in [-0.05, 0) is 12.5 Å². The van der Waals surface area contributed by atoms with Crippen LogP contribution in [0.3, 0.4) is 0 Å². The molecule has 0 saturated carbocycles. The molecule has 1 aliphatic rings. The van der Waals surface area contributed by atoms with Crippen LogP contribution in [0.2, 0.25) is 0 Å². The molecule has 1 saturated heterocycles. The average molecular weight is 354 g/mol. The molecule has 0 spiro atoms. The van der Waals surface area contributed by atoms with Gasteiger partial charge in [0.25, 0.3) is 0 Å². The number of methoxy groups -OCH3 is 1. The second kappa shape index (κ2) is 8.22. The normalized spacial score (nSPS) is 23.2. The summed E-state index contributed by atoms with van der Waals surface area (Å²) in [6.45, 7) is 4.48. The number of hydrogen-bond acceptors (Lipinski definition) is 3. The standard InChI is InChI=1S/C13H17O3.Cs/c1-10-7-13(15-8-10)16-9-11-5-3-4-6-12(11)14-2;/h3-6,8,10,13H,7,9H2,1-2H3;/q-1;+1/t10-,13?;/m1./s1. The van der Waals surface area contributed by atoms with Gasteiger partial charge in [-0.3, -0.25) is 0 Å². The van der Waals surface area contributed by atoms with Crippen molar-refractivity contribution >= 4 is 0 Å². The van der Waals surface area contributed by atoms with Crippen LogP contribution in [-0.4, -0.2) is 13.4 Å². The van der Waals surface area contributed by atoms with E-state index in [1.165, 1.54) is 0 Å². The molecule has 2 atom stereocenters. The van der Waals surface area contributed by atoms with E-state index < -0.39 is 0 Å². The topological polar surface area (TPSA) is 27.7 Å². The van der Waals surface area contributed by atoms with Crippen molar-refractivity contribution in [3.05, 3.63) is 36.4 Å². The Labute approximate surface area is 162 Å². The van der Waals surface area contributed by atoms with E-state index in [0.717, 1.165) is 17.7 Å². The zero-order valence-electron chi connectivity index (χ0n) is 10.7. The molecule has 1 heterocycles. The molecule has 1 aromatic carbocycles. The summed E-state index contributed by atoms with van der Waals surface area (Å²) in [5.41, 5.74) is 1.05. The minimum Gasteiger partial charge on any atom is -0.529 e. The van der Waals surface area contributed by atoms with Gasteiger partial charge in [-0.15, -0.1) is 5.92 Å². The van der Waals surface area contributed by atoms with Crippen LogP contribution in [0, 0.1) is 12.5 Å². The van der Waals surface area contributed by atoms with Gasteiger partial charge in [0.1, 0.15) is 12.0 Å². The predicted octanol–water partition coefficient (Wildman–Crippen LogP) is -0.240. The number of ether oxygens (including phenoxy) is 3. The third-order valence-corrected chi connectivity index (χ3v) is 2.64. The van der Waals surface area contributed by atoms with E-state index >= 15 is 0 Å². The maximum atomic E-state index is 5.67. The molecule has 0 bridgehead atoms. The molecule has 0 aromatic heterocycles. The summed E-state index contributed by atoms with van der Waals surface area (Å²) >= 11 is 0. The summed E-state index contributed by atoms with van der Waals surface area (Å²) in [7, 11) is 1.67. The predicted molar refractivity (Wildman–Crippen MR) is 60.7 cm³/mol. The van der Waals surface area contributed by atoms with Crippen LogP contribution in [0.5, 0.6) is 5.75 Å². The van der Waals surface area contributed by atoms with Crippen LogP contribution in [-0.2, 0) is 16.1 Å². The van der Waals surface area contributed by atoms with E-state index in [0.29, 0.717) is 12.5 Å². The van der Waals surface area contributed by atoms with Crippen molar-refractivity contribution in [3.8, 4) is 5.75 Å². The van der Waals surface area contributed by atoms with Crippen LogP contribution in [0.25, 0.3) is 0 Å². The van der Waals surface area contributed by atoms with Gasteiger partial charge < -0.3 is 14.2 Å². The fraction of sp³-hybridized carbons (Fsp3) is 0.462. The van der Waals surface area contributed by atoms with Crippen molar-refractivity contribution in [2.75, 3.05) is 7.11 Å². The molecule has 1 fully saturated rings. The Balaban J connectivity index is 0.00000144. The van der Waals surface area contributed by atoms with Gasteiger partial charge >= 0.3 is 68.9 Å². The van der Waals surface area contributed by atoms with E-state index in [9.17, 15) is 0 Å². The Morgan fingerprint density at radius 3 is 2.82 bits per heavy atom. The zero-order chi connectivity index (χ0) is 11.4. The second-order valence-corrected chi connectivity index (χ2v) is 4.04. The van der Waals surface area contributed by atoms with Crippen molar-refractivity contribution in [2.24, 2.45) is 5.92 Å². The van der Waals surface area contributed by atoms with E-state index in [1.807, 2.05) is 30.9 Å². The largest absolute Gasteiger partial charge is 1.00 e. The molecule has 0 N–H and O–H groups in total. The van der Waals surface area contributed by atoms with Gasteiger partial charge in [0.2, 0.25) is 0 Å². The van der Waals surface area contributed by atoms with Crippen LogP contribution in [0.1, 0.15) is 18.9 Å². The fourth-order valence-corrected chi connectivity index (χ4v) is 1.75. The Hall–Kier alpha value is 0.992. The van der Waals surface area contributed by atoms with Gasteiger partial charge in [0.05, 0.1) is 13.7 Å². The number of para-hydroxylation sites is 1. The van der Waals surface area contributed by atoms with E-state index in [4.69, 9.17) is 14.2 Å². The summed E-state index contributed by atoms with van der Waals surface area (Å²) in [6.07, 6.45) is 0.815. The zero-order valence-corrected chi connectivity index (χ0v) is 17.0. The Kier molecular flexibility index (Phi) is 7.76. The summed E-state index contributed by atoms with van der Waals surface area (Å²) in [5.74, 6) is 1.33. The monoisotopic (exact) mass is 354 g/mol. The first kappa shape index (κ1) is 16.0. The van der Waals surface area contributed by atoms with Crippen molar-refractivity contribution in [1.29, 1.82) is 0 Å². The van der Waals surface area contributed by atoms with Crippen molar-refractivity contribution in [3.63, 3.8) is 0 Å². The molecule has 0 aliphatic carbocycles. The third kappa shape index (κ3) is 4.87. The van der Waals surface area contributed by atoms with Gasteiger partial charge in [0.15, 0.2) is 0 Å². The van der Waals surface area contributed by atoms with Crippen LogP contribution >= 0.6 is 0 Å². The molecule has 1 unspecified atom stereocenters. The summed E-state index contributed by atoms with van der Waals surface area (Å²) in [5, 5.41) is 0. The van der Waals surface area contributed by atoms with Gasteiger partial charge in [-0.1, -0.05) is 25.1 Å². The smallest absolute Gasteiger partial charge is 0.529 e. The first-order valence-electron chi connectivity index (χ1n) is 5.52. The first-order valence-corrected chi connectivity index (χ1v) is 5.52. The van der Waals surface area contributed by atoms with E-state index in [2.05, 4.69) is 6.92 Å². The molecule has 0 amide bonds. The maximum Gasteiger partial charge on any atom is 1.00 e. The summed E-state index contributed by atoms with van der Waals surface area (Å²) in [6, 6.07) is 7.86. The first-order chi connectivity index (χ1) is 7.79. The number of hydrogen-bond donors (Lipinski definition) is 0. The minimum absolute atomic E-state index is 0. The quantitative estimate of drug-likeness (QED) is 0.699. The van der Waals surface area contributed by atoms with Crippen molar-refractivity contribution in [1.82, 2.24) is 0 Å². The molecular formula is C13H17CsO3. The SMILES string of the molecule is COc1ccccc1COC1C[C@@H](C)[CH-]O1.[Cs+]. The van der Waals surface area contributed by atoms with Crippen LogP contribution in [0.4, 0.5) is 0 Å². The Morgan fingerprint density at radius 1 is 1.41 bits per heavy atom. The van der Waals surface area contributed by atoms with Crippen LogP contribution < -0.4 is 73.6 Å². The molecular weight excluding hydrogens is 337 g/mol. The van der Waals surface area contributed by atoms with E-state index in [1.54, 1.807) is 7.11 Å². The molecule has 2 rings (SSSR count). The van der Waals surface area contributed by atoms with E-state index in [-0.39, 0.29) is 75.2 Å². The fourth-order valence-electron chi connectivity index (χ4n) is 1.75. The minimum atomic E-state index is -0.111. The Morgan fingerprint density at radius 2 is 2.18 bits per heavy atom. The second-order valence-electron chi connectivity index (χ2n) is 4.04. The van der Waals surface area contributed by atoms with Gasteiger partial charge in [0, 0.05) is 5.56 Å². The maximum absolute atomic E-state index is 5.67.